The summed E-state index contributed by atoms with van der Waals surface area (Å²) < 4.78 is 5.26. The van der Waals surface area contributed by atoms with Gasteiger partial charge in [-0.3, -0.25) is 0 Å². The third kappa shape index (κ3) is 2.30. The molecule has 0 saturated carbocycles. The second kappa shape index (κ2) is 3.15. The van der Waals surface area contributed by atoms with Crippen molar-refractivity contribution in [3.8, 4) is 0 Å². The quantitative estimate of drug-likeness (QED) is 0.553. The van der Waals surface area contributed by atoms with Crippen molar-refractivity contribution in [2.75, 3.05) is 20.2 Å². The molecule has 0 aliphatic carbocycles. The summed E-state index contributed by atoms with van der Waals surface area (Å²) in [5, 5.41) is 9.94. The molecule has 1 aliphatic rings. The zero-order valence-electron chi connectivity index (χ0n) is 5.71. The molecule has 3 nitrogen and oxygen atoms in total. The first-order valence-electron chi connectivity index (χ1n) is 3.30. The van der Waals surface area contributed by atoms with E-state index in [1.807, 2.05) is 0 Å². The van der Waals surface area contributed by atoms with Crippen LogP contribution in [-0.4, -0.2) is 36.6 Å². The predicted molar refractivity (Wildman–Crippen MR) is 33.4 cm³/mol. The average Bonchev–Trinajstić information content (AvgIpc) is 2.15. The van der Waals surface area contributed by atoms with Gasteiger partial charge in [-0.2, -0.15) is 5.06 Å². The third-order valence-corrected chi connectivity index (χ3v) is 1.49. The third-order valence-electron chi connectivity index (χ3n) is 1.49. The van der Waals surface area contributed by atoms with Gasteiger partial charge in [0.1, 0.15) is 0 Å². The van der Waals surface area contributed by atoms with Gasteiger partial charge in [-0.25, -0.2) is 0 Å². The Morgan fingerprint density at radius 3 is 3.00 bits per heavy atom. The van der Waals surface area contributed by atoms with Crippen molar-refractivity contribution in [1.29, 1.82) is 0 Å². The van der Waals surface area contributed by atoms with Crippen LogP contribution in [0.3, 0.4) is 0 Å². The molecule has 1 unspecified atom stereocenters. The Hall–Kier alpha value is -0.120. The van der Waals surface area contributed by atoms with Crippen LogP contribution in [0.4, 0.5) is 0 Å². The van der Waals surface area contributed by atoms with Crippen LogP contribution in [0.25, 0.3) is 0 Å². The second-order valence-electron chi connectivity index (χ2n) is 2.48. The van der Waals surface area contributed by atoms with Crippen molar-refractivity contribution in [3.05, 3.63) is 0 Å². The Bertz CT molecular complexity index is 79.1. The molecule has 1 N–H and O–H groups in total. The molecule has 1 heterocycles. The number of hydrogen-bond acceptors (Lipinski definition) is 3. The molecule has 0 aromatic rings. The van der Waals surface area contributed by atoms with Crippen LogP contribution >= 0.6 is 0 Å². The standard InChI is InChI=1S/C6H13NO2/c1-7(8)5-6-3-2-4-9-6/h6,8H,2-5H2,1H3. The van der Waals surface area contributed by atoms with Gasteiger partial charge in [-0.05, 0) is 12.8 Å². The van der Waals surface area contributed by atoms with Gasteiger partial charge in [-0.15, -0.1) is 0 Å². The summed E-state index contributed by atoms with van der Waals surface area (Å²) in [6.45, 7) is 1.50. The molecule has 9 heavy (non-hydrogen) atoms. The Balaban J connectivity index is 2.11. The van der Waals surface area contributed by atoms with Gasteiger partial charge in [0.05, 0.1) is 6.10 Å². The van der Waals surface area contributed by atoms with Gasteiger partial charge in [0.25, 0.3) is 0 Å². The first-order valence-corrected chi connectivity index (χ1v) is 3.30. The summed E-state index contributed by atoms with van der Waals surface area (Å²) in [4.78, 5) is 0. The Labute approximate surface area is 55.2 Å². The molecule has 1 saturated heterocycles. The fraction of sp³-hybridized carbons (Fsp3) is 1.00. The van der Waals surface area contributed by atoms with Gasteiger partial charge in [0.15, 0.2) is 0 Å². The molecule has 0 spiro atoms. The monoisotopic (exact) mass is 131 g/mol. The van der Waals surface area contributed by atoms with Gasteiger partial charge in [0.2, 0.25) is 0 Å². The molecule has 1 fully saturated rings. The Morgan fingerprint density at radius 1 is 1.78 bits per heavy atom. The highest BCUT2D eigenvalue weighted by molar-refractivity contribution is 4.65. The van der Waals surface area contributed by atoms with Crippen LogP contribution in [0.5, 0.6) is 0 Å². The van der Waals surface area contributed by atoms with Crippen molar-refractivity contribution < 1.29 is 9.94 Å². The number of hydrogen-bond donors (Lipinski definition) is 1. The van der Waals surface area contributed by atoms with Crippen LogP contribution in [0.1, 0.15) is 12.8 Å². The molecule has 0 aromatic heterocycles. The summed E-state index contributed by atoms with van der Waals surface area (Å²) in [5.74, 6) is 0. The second-order valence-corrected chi connectivity index (χ2v) is 2.48. The summed E-state index contributed by atoms with van der Waals surface area (Å²) >= 11 is 0. The minimum Gasteiger partial charge on any atom is -0.377 e. The Morgan fingerprint density at radius 2 is 2.56 bits per heavy atom. The molecular weight excluding hydrogens is 118 g/mol. The first-order chi connectivity index (χ1) is 4.29. The Kier molecular flexibility index (Phi) is 2.45. The SMILES string of the molecule is CN(O)CC1CCCO1. The number of nitrogens with zero attached hydrogens (tertiary/aromatic N) is 1. The number of hydroxylamine groups is 2. The van der Waals surface area contributed by atoms with E-state index in [0.29, 0.717) is 6.54 Å². The van der Waals surface area contributed by atoms with Gasteiger partial charge >= 0.3 is 0 Å². The van der Waals surface area contributed by atoms with Gasteiger partial charge in [0, 0.05) is 20.2 Å². The van der Waals surface area contributed by atoms with Crippen molar-refractivity contribution in [2.24, 2.45) is 0 Å². The smallest absolute Gasteiger partial charge is 0.0725 e. The molecule has 1 atom stereocenters. The van der Waals surface area contributed by atoms with Crippen LogP contribution in [-0.2, 0) is 4.74 Å². The molecule has 0 aromatic carbocycles. The average molecular weight is 131 g/mol. The van der Waals surface area contributed by atoms with Gasteiger partial charge < -0.3 is 9.94 Å². The highest BCUT2D eigenvalue weighted by atomic mass is 16.5. The molecule has 0 radical (unpaired) electrons. The lowest BCUT2D eigenvalue weighted by molar-refractivity contribution is -0.0928. The van der Waals surface area contributed by atoms with E-state index in [1.54, 1.807) is 7.05 Å². The highest BCUT2D eigenvalue weighted by Gasteiger charge is 2.15. The van der Waals surface area contributed by atoms with Crippen LogP contribution in [0.2, 0.25) is 0 Å². The fourth-order valence-corrected chi connectivity index (χ4v) is 1.08. The summed E-state index contributed by atoms with van der Waals surface area (Å²) in [7, 11) is 1.64. The minimum absolute atomic E-state index is 0.264. The van der Waals surface area contributed by atoms with E-state index in [4.69, 9.17) is 9.94 Å². The maximum absolute atomic E-state index is 8.77. The molecule has 0 bridgehead atoms. The minimum atomic E-state index is 0.264. The van der Waals surface area contributed by atoms with E-state index in [2.05, 4.69) is 0 Å². The lowest BCUT2D eigenvalue weighted by atomic mass is 10.2. The zero-order chi connectivity index (χ0) is 6.69. The molecule has 0 amide bonds. The van der Waals surface area contributed by atoms with Crippen molar-refractivity contribution in [2.45, 2.75) is 18.9 Å². The summed E-state index contributed by atoms with van der Waals surface area (Å²) in [6, 6.07) is 0. The maximum atomic E-state index is 8.77. The largest absolute Gasteiger partial charge is 0.377 e. The zero-order valence-corrected chi connectivity index (χ0v) is 5.71. The van der Waals surface area contributed by atoms with Crippen LogP contribution < -0.4 is 0 Å². The molecule has 54 valence electrons. The summed E-state index contributed by atoms with van der Waals surface area (Å²) in [5.41, 5.74) is 0. The van der Waals surface area contributed by atoms with E-state index in [9.17, 15) is 0 Å². The van der Waals surface area contributed by atoms with Gasteiger partial charge in [-0.1, -0.05) is 0 Å². The van der Waals surface area contributed by atoms with E-state index in [0.717, 1.165) is 19.4 Å². The lowest BCUT2D eigenvalue weighted by Gasteiger charge is -2.12. The fourth-order valence-electron chi connectivity index (χ4n) is 1.08. The topological polar surface area (TPSA) is 32.7 Å². The first kappa shape index (κ1) is 6.99. The van der Waals surface area contributed by atoms with E-state index in [1.165, 1.54) is 5.06 Å². The normalized spacial score (nSPS) is 27.7. The van der Waals surface area contributed by atoms with Crippen molar-refractivity contribution in [3.63, 3.8) is 0 Å². The van der Waals surface area contributed by atoms with E-state index < -0.39 is 0 Å². The maximum Gasteiger partial charge on any atom is 0.0725 e. The number of likely N-dealkylation sites (N-methyl/N-ethyl adjacent to an activating group) is 1. The number of rotatable bonds is 2. The molecule has 1 rings (SSSR count). The van der Waals surface area contributed by atoms with Crippen LogP contribution in [0, 0.1) is 0 Å². The summed E-state index contributed by atoms with van der Waals surface area (Å²) in [6.07, 6.45) is 2.49. The number of ether oxygens (including phenoxy) is 1. The van der Waals surface area contributed by atoms with E-state index >= 15 is 0 Å². The highest BCUT2D eigenvalue weighted by Crippen LogP contribution is 2.11. The molecule has 3 heteroatoms. The van der Waals surface area contributed by atoms with Crippen LogP contribution in [0.15, 0.2) is 0 Å². The lowest BCUT2D eigenvalue weighted by Crippen LogP contribution is -2.25. The van der Waals surface area contributed by atoms with Crippen molar-refractivity contribution in [1.82, 2.24) is 5.06 Å². The molecule has 1 aliphatic heterocycles. The predicted octanol–water partition coefficient (Wildman–Crippen LogP) is 0.486. The van der Waals surface area contributed by atoms with Crippen molar-refractivity contribution >= 4 is 0 Å². The van der Waals surface area contributed by atoms with E-state index in [-0.39, 0.29) is 6.10 Å². The molecular formula is C6H13NO2.